The van der Waals surface area contributed by atoms with Crippen molar-refractivity contribution in [2.75, 3.05) is 0 Å². The van der Waals surface area contributed by atoms with Crippen LogP contribution in [-0.4, -0.2) is 36.0 Å². The number of aromatic carboxylic acids is 1. The number of nitro groups is 1. The van der Waals surface area contributed by atoms with Gasteiger partial charge in [-0.3, -0.25) is 19.9 Å². The van der Waals surface area contributed by atoms with Crippen molar-refractivity contribution in [3.8, 4) is 11.4 Å². The molecule has 2 aromatic heterocycles. The topological polar surface area (TPSA) is 127 Å². The standard InChI is InChI=1S/C8H7N5O4/c1-12-5(8(14)15)2-4(11-12)7-6(13(16)17)3-9-10-7/h2-3H,1H3,(H,9,10)(H,14,15). The Morgan fingerprint density at radius 3 is 2.88 bits per heavy atom. The van der Waals surface area contributed by atoms with Crippen LogP contribution in [0.2, 0.25) is 0 Å². The summed E-state index contributed by atoms with van der Waals surface area (Å²) in [4.78, 5) is 20.9. The summed E-state index contributed by atoms with van der Waals surface area (Å²) in [7, 11) is 1.44. The predicted octanol–water partition coefficient (Wildman–Crippen LogP) is 0.417. The normalized spacial score (nSPS) is 10.4. The minimum Gasteiger partial charge on any atom is -0.477 e. The highest BCUT2D eigenvalue weighted by molar-refractivity contribution is 5.87. The molecule has 2 aromatic rings. The Balaban J connectivity index is 2.54. The van der Waals surface area contributed by atoms with E-state index in [1.54, 1.807) is 0 Å². The predicted molar refractivity (Wildman–Crippen MR) is 54.4 cm³/mol. The highest BCUT2D eigenvalue weighted by Crippen LogP contribution is 2.26. The van der Waals surface area contributed by atoms with Crippen molar-refractivity contribution in [2.24, 2.45) is 7.05 Å². The van der Waals surface area contributed by atoms with Crippen LogP contribution in [0.1, 0.15) is 10.5 Å². The molecule has 9 heteroatoms. The molecule has 0 atom stereocenters. The smallest absolute Gasteiger partial charge is 0.354 e. The van der Waals surface area contributed by atoms with Gasteiger partial charge < -0.3 is 5.11 Å². The van der Waals surface area contributed by atoms with Crippen LogP contribution in [0, 0.1) is 10.1 Å². The van der Waals surface area contributed by atoms with Crippen LogP contribution < -0.4 is 0 Å². The molecule has 88 valence electrons. The lowest BCUT2D eigenvalue weighted by atomic mass is 10.2. The zero-order valence-corrected chi connectivity index (χ0v) is 8.62. The molecule has 2 N–H and O–H groups in total. The quantitative estimate of drug-likeness (QED) is 0.588. The molecule has 0 amide bonds. The van der Waals surface area contributed by atoms with Crippen LogP contribution in [0.25, 0.3) is 11.4 Å². The van der Waals surface area contributed by atoms with E-state index in [9.17, 15) is 14.9 Å². The van der Waals surface area contributed by atoms with Gasteiger partial charge in [0.05, 0.1) is 4.92 Å². The first kappa shape index (κ1) is 10.8. The zero-order valence-electron chi connectivity index (χ0n) is 8.62. The molecule has 0 saturated carbocycles. The number of carbonyl (C=O) groups is 1. The number of carboxylic acid groups (broad SMARTS) is 1. The average molecular weight is 237 g/mol. The van der Waals surface area contributed by atoms with E-state index in [1.807, 2.05) is 0 Å². The van der Waals surface area contributed by atoms with Gasteiger partial charge in [0.2, 0.25) is 0 Å². The number of aromatic nitrogens is 4. The van der Waals surface area contributed by atoms with E-state index in [1.165, 1.54) is 13.1 Å². The van der Waals surface area contributed by atoms with Crippen LogP contribution in [0.15, 0.2) is 12.3 Å². The minimum absolute atomic E-state index is 0.0658. The van der Waals surface area contributed by atoms with Crippen LogP contribution >= 0.6 is 0 Å². The van der Waals surface area contributed by atoms with Gasteiger partial charge in [-0.15, -0.1) is 0 Å². The zero-order chi connectivity index (χ0) is 12.6. The van der Waals surface area contributed by atoms with Crippen LogP contribution in [0.4, 0.5) is 5.69 Å². The maximum atomic E-state index is 10.8. The molecule has 9 nitrogen and oxygen atoms in total. The summed E-state index contributed by atoms with van der Waals surface area (Å²) in [5, 5.41) is 29.4. The fourth-order valence-corrected chi connectivity index (χ4v) is 1.40. The number of nitrogens with zero attached hydrogens (tertiary/aromatic N) is 4. The van der Waals surface area contributed by atoms with Gasteiger partial charge in [-0.1, -0.05) is 0 Å². The summed E-state index contributed by atoms with van der Waals surface area (Å²) in [6.45, 7) is 0. The Morgan fingerprint density at radius 2 is 2.35 bits per heavy atom. The second-order valence-corrected chi connectivity index (χ2v) is 3.23. The number of aromatic amines is 1. The Kier molecular flexibility index (Phi) is 2.35. The van der Waals surface area contributed by atoms with Crippen LogP contribution in [0.3, 0.4) is 0 Å². The fraction of sp³-hybridized carbons (Fsp3) is 0.125. The Labute approximate surface area is 93.8 Å². The van der Waals surface area contributed by atoms with Gasteiger partial charge in [-0.05, 0) is 0 Å². The lowest BCUT2D eigenvalue weighted by Crippen LogP contribution is -2.04. The van der Waals surface area contributed by atoms with Crippen molar-refractivity contribution in [3.63, 3.8) is 0 Å². The van der Waals surface area contributed by atoms with Crippen LogP contribution in [-0.2, 0) is 7.05 Å². The third-order valence-electron chi connectivity index (χ3n) is 2.17. The third-order valence-corrected chi connectivity index (χ3v) is 2.17. The third kappa shape index (κ3) is 1.73. The van der Waals surface area contributed by atoms with Crippen molar-refractivity contribution in [1.29, 1.82) is 0 Å². The van der Waals surface area contributed by atoms with Gasteiger partial charge in [0.15, 0.2) is 5.69 Å². The number of carboxylic acids is 1. The van der Waals surface area contributed by atoms with Crippen molar-refractivity contribution < 1.29 is 14.8 Å². The van der Waals surface area contributed by atoms with Gasteiger partial charge >= 0.3 is 11.7 Å². The van der Waals surface area contributed by atoms with Gasteiger partial charge in [-0.25, -0.2) is 4.79 Å². The van der Waals surface area contributed by atoms with Gasteiger partial charge in [0, 0.05) is 13.1 Å². The highest BCUT2D eigenvalue weighted by atomic mass is 16.6. The molecular formula is C8H7N5O4. The average Bonchev–Trinajstić information content (AvgIpc) is 2.82. The van der Waals surface area contributed by atoms with E-state index in [4.69, 9.17) is 5.11 Å². The summed E-state index contributed by atoms with van der Waals surface area (Å²) in [6.07, 6.45) is 1.05. The molecule has 0 aromatic carbocycles. The van der Waals surface area contributed by atoms with Crippen molar-refractivity contribution in [2.45, 2.75) is 0 Å². The number of rotatable bonds is 3. The molecule has 0 radical (unpaired) electrons. The molecule has 0 saturated heterocycles. The summed E-state index contributed by atoms with van der Waals surface area (Å²) in [5.74, 6) is -1.16. The maximum absolute atomic E-state index is 10.8. The van der Waals surface area contributed by atoms with Gasteiger partial charge in [0.25, 0.3) is 0 Å². The molecular weight excluding hydrogens is 230 g/mol. The first-order chi connectivity index (χ1) is 8.00. The largest absolute Gasteiger partial charge is 0.477 e. The molecule has 0 aliphatic rings. The Bertz CT molecular complexity index is 599. The van der Waals surface area contributed by atoms with E-state index < -0.39 is 10.9 Å². The number of H-pyrrole nitrogens is 1. The van der Waals surface area contributed by atoms with E-state index in [0.29, 0.717) is 0 Å². The second kappa shape index (κ2) is 3.70. The Morgan fingerprint density at radius 1 is 1.65 bits per heavy atom. The SMILES string of the molecule is Cn1nc(-c2[nH]ncc2[N+](=O)[O-])cc1C(=O)O. The number of hydrogen-bond donors (Lipinski definition) is 2. The van der Waals surface area contributed by atoms with Gasteiger partial charge in [-0.2, -0.15) is 10.2 Å². The molecule has 2 rings (SSSR count). The molecule has 2 heterocycles. The molecule has 0 bridgehead atoms. The summed E-state index contributed by atoms with van der Waals surface area (Å²) in [5.41, 5.74) is -0.0730. The van der Waals surface area contributed by atoms with Gasteiger partial charge in [0.1, 0.15) is 17.6 Å². The molecule has 0 aliphatic heterocycles. The van der Waals surface area contributed by atoms with E-state index >= 15 is 0 Å². The van der Waals surface area contributed by atoms with E-state index in [2.05, 4.69) is 15.3 Å². The summed E-state index contributed by atoms with van der Waals surface area (Å²) >= 11 is 0. The molecule has 17 heavy (non-hydrogen) atoms. The number of hydrogen-bond acceptors (Lipinski definition) is 5. The van der Waals surface area contributed by atoms with Crippen molar-refractivity contribution in [3.05, 3.63) is 28.1 Å². The number of nitrogens with one attached hydrogen (secondary N) is 1. The lowest BCUT2D eigenvalue weighted by Gasteiger charge is -1.91. The first-order valence-corrected chi connectivity index (χ1v) is 4.46. The van der Waals surface area contributed by atoms with Crippen LogP contribution in [0.5, 0.6) is 0 Å². The molecule has 0 aliphatic carbocycles. The fourth-order valence-electron chi connectivity index (χ4n) is 1.40. The highest BCUT2D eigenvalue weighted by Gasteiger charge is 2.22. The first-order valence-electron chi connectivity index (χ1n) is 4.46. The van der Waals surface area contributed by atoms with E-state index in [0.717, 1.165) is 10.9 Å². The lowest BCUT2D eigenvalue weighted by molar-refractivity contribution is -0.384. The molecule has 0 unspecified atom stereocenters. The van der Waals surface area contributed by atoms with Crippen molar-refractivity contribution >= 4 is 11.7 Å². The Hall–Kier alpha value is -2.71. The summed E-state index contributed by atoms with van der Waals surface area (Å²) in [6, 6.07) is 1.24. The summed E-state index contributed by atoms with van der Waals surface area (Å²) < 4.78 is 1.13. The molecule has 0 fully saturated rings. The van der Waals surface area contributed by atoms with E-state index in [-0.39, 0.29) is 22.8 Å². The maximum Gasteiger partial charge on any atom is 0.354 e. The molecule has 0 spiro atoms. The minimum atomic E-state index is -1.16. The number of aryl methyl sites for hydroxylation is 1. The monoisotopic (exact) mass is 237 g/mol. The van der Waals surface area contributed by atoms with Crippen molar-refractivity contribution in [1.82, 2.24) is 20.0 Å². The second-order valence-electron chi connectivity index (χ2n) is 3.23.